The molecule has 1 fully saturated rings. The Morgan fingerprint density at radius 3 is 2.18 bits per heavy atom. The molecule has 0 bridgehead atoms. The van der Waals surface area contributed by atoms with Gasteiger partial charge in [0.15, 0.2) is 11.5 Å². The highest BCUT2D eigenvalue weighted by molar-refractivity contribution is 8.18. The molecule has 1 heterocycles. The first-order valence-electron chi connectivity index (χ1n) is 11.3. The topological polar surface area (TPSA) is 27.7 Å². The molecule has 0 saturated carbocycles. The summed E-state index contributed by atoms with van der Waals surface area (Å²) in [6, 6.07) is 12.9. The molecule has 0 amide bonds. The Morgan fingerprint density at radius 1 is 1.00 bits per heavy atom. The molecule has 2 aromatic carbocycles. The minimum absolute atomic E-state index is 0.0928. The van der Waals surface area contributed by atoms with Gasteiger partial charge >= 0.3 is 0 Å². The van der Waals surface area contributed by atoms with Crippen LogP contribution in [0.15, 0.2) is 54.6 Å². The van der Waals surface area contributed by atoms with Crippen molar-refractivity contribution in [3.8, 4) is 17.2 Å². The number of unbranched alkanes of at least 4 members (excludes halogenated alkanes) is 1. The number of halogens is 1. The van der Waals surface area contributed by atoms with Crippen LogP contribution in [0.3, 0.4) is 0 Å². The Morgan fingerprint density at radius 2 is 1.64 bits per heavy atom. The summed E-state index contributed by atoms with van der Waals surface area (Å²) in [5.74, 6) is 4.03. The zero-order valence-corrected chi connectivity index (χ0v) is 22.2. The van der Waals surface area contributed by atoms with Crippen LogP contribution in [0.4, 0.5) is 0 Å². The summed E-state index contributed by atoms with van der Waals surface area (Å²) in [6.45, 7) is 2.24. The van der Waals surface area contributed by atoms with E-state index in [1.165, 1.54) is 30.4 Å². The first-order valence-corrected chi connectivity index (χ1v) is 13.6. The number of benzene rings is 2. The second-order valence-corrected chi connectivity index (χ2v) is 11.2. The molecule has 0 unspecified atom stereocenters. The molecule has 0 N–H and O–H groups in total. The molecule has 1 aliphatic heterocycles. The lowest BCUT2D eigenvalue weighted by molar-refractivity contribution is 0.324. The zero-order valence-electron chi connectivity index (χ0n) is 19.9. The highest BCUT2D eigenvalue weighted by Crippen LogP contribution is 2.51. The fourth-order valence-electron chi connectivity index (χ4n) is 3.77. The van der Waals surface area contributed by atoms with Crippen molar-refractivity contribution in [3.63, 3.8) is 0 Å². The van der Waals surface area contributed by atoms with Crippen LogP contribution < -0.4 is 14.2 Å². The third kappa shape index (κ3) is 6.46. The first-order chi connectivity index (χ1) is 16.1. The molecule has 6 heteroatoms. The SMILES string of the molecule is CCCCc1ccc(C2(/C=C/C=C(\Cl)c3cc(OC)c(OC)c(OC)c3)SCCCS2)cc1. The van der Waals surface area contributed by atoms with E-state index in [2.05, 4.69) is 43.3 Å². The predicted molar refractivity (Wildman–Crippen MR) is 145 cm³/mol. The molecule has 3 nitrogen and oxygen atoms in total. The van der Waals surface area contributed by atoms with Crippen molar-refractivity contribution in [3.05, 3.63) is 71.3 Å². The smallest absolute Gasteiger partial charge is 0.203 e. The molecular formula is C27H33ClO3S2. The van der Waals surface area contributed by atoms with Crippen LogP contribution in [0.1, 0.15) is 42.9 Å². The molecule has 0 aliphatic carbocycles. The third-order valence-electron chi connectivity index (χ3n) is 5.60. The van der Waals surface area contributed by atoms with Gasteiger partial charge in [-0.25, -0.2) is 0 Å². The van der Waals surface area contributed by atoms with Gasteiger partial charge in [-0.15, -0.1) is 23.5 Å². The molecule has 1 aliphatic rings. The van der Waals surface area contributed by atoms with Gasteiger partial charge in [0.1, 0.15) is 4.08 Å². The minimum atomic E-state index is -0.0928. The molecule has 1 saturated heterocycles. The van der Waals surface area contributed by atoms with Crippen LogP contribution in [-0.4, -0.2) is 32.8 Å². The molecule has 0 aromatic heterocycles. The summed E-state index contributed by atoms with van der Waals surface area (Å²) in [5.41, 5.74) is 3.57. The zero-order chi connectivity index (χ0) is 23.7. The highest BCUT2D eigenvalue weighted by atomic mass is 35.5. The van der Waals surface area contributed by atoms with Gasteiger partial charge in [-0.3, -0.25) is 0 Å². The second kappa shape index (κ2) is 12.7. The number of ether oxygens (including phenoxy) is 3. The number of methoxy groups -OCH3 is 3. The highest BCUT2D eigenvalue weighted by Gasteiger charge is 2.32. The second-order valence-electron chi connectivity index (χ2n) is 7.81. The van der Waals surface area contributed by atoms with Gasteiger partial charge in [0.25, 0.3) is 0 Å². The fraction of sp³-hybridized carbons (Fsp3) is 0.407. The van der Waals surface area contributed by atoms with Gasteiger partial charge in [-0.2, -0.15) is 0 Å². The molecule has 0 radical (unpaired) electrons. The van der Waals surface area contributed by atoms with E-state index in [4.69, 9.17) is 25.8 Å². The van der Waals surface area contributed by atoms with E-state index in [0.717, 1.165) is 23.5 Å². The molecule has 2 aromatic rings. The summed E-state index contributed by atoms with van der Waals surface area (Å²) in [4.78, 5) is 0. The maximum atomic E-state index is 6.68. The summed E-state index contributed by atoms with van der Waals surface area (Å²) in [5, 5.41) is 0.612. The molecular weight excluding hydrogens is 472 g/mol. The van der Waals surface area contributed by atoms with Gasteiger partial charge < -0.3 is 14.2 Å². The van der Waals surface area contributed by atoms with E-state index < -0.39 is 0 Å². The van der Waals surface area contributed by atoms with Crippen LogP contribution in [-0.2, 0) is 10.5 Å². The molecule has 0 spiro atoms. The van der Waals surface area contributed by atoms with E-state index >= 15 is 0 Å². The lowest BCUT2D eigenvalue weighted by Gasteiger charge is -2.34. The van der Waals surface area contributed by atoms with Crippen LogP contribution in [0.2, 0.25) is 0 Å². The van der Waals surface area contributed by atoms with E-state index in [-0.39, 0.29) is 4.08 Å². The number of thioether (sulfide) groups is 2. The van der Waals surface area contributed by atoms with Crippen LogP contribution >= 0.6 is 35.1 Å². The largest absolute Gasteiger partial charge is 0.493 e. The summed E-state index contributed by atoms with van der Waals surface area (Å²) in [7, 11) is 4.80. The van der Waals surface area contributed by atoms with Crippen molar-refractivity contribution in [1.82, 2.24) is 0 Å². The van der Waals surface area contributed by atoms with Gasteiger partial charge in [-0.05, 0) is 60.1 Å². The number of aryl methyl sites for hydroxylation is 1. The van der Waals surface area contributed by atoms with E-state index in [1.54, 1.807) is 21.3 Å². The Kier molecular flexibility index (Phi) is 9.96. The Bertz CT molecular complexity index is 939. The van der Waals surface area contributed by atoms with E-state index in [0.29, 0.717) is 22.3 Å². The third-order valence-corrected chi connectivity index (χ3v) is 9.23. The maximum Gasteiger partial charge on any atom is 0.203 e. The van der Waals surface area contributed by atoms with Crippen molar-refractivity contribution in [2.24, 2.45) is 0 Å². The Balaban J connectivity index is 1.87. The quantitative estimate of drug-likeness (QED) is 0.306. The Hall–Kier alpha value is -1.69. The van der Waals surface area contributed by atoms with E-state index in [9.17, 15) is 0 Å². The summed E-state index contributed by atoms with van der Waals surface area (Å²) in [6.07, 6.45) is 11.1. The predicted octanol–water partition coefficient (Wildman–Crippen LogP) is 7.91. The Labute approximate surface area is 211 Å². The van der Waals surface area contributed by atoms with Gasteiger partial charge in [0.05, 0.1) is 21.3 Å². The molecule has 3 rings (SSSR count). The number of hydrogen-bond donors (Lipinski definition) is 0. The average molecular weight is 505 g/mol. The molecule has 178 valence electrons. The fourth-order valence-corrected chi connectivity index (χ4v) is 7.10. The van der Waals surface area contributed by atoms with Crippen molar-refractivity contribution in [2.75, 3.05) is 32.8 Å². The summed E-state index contributed by atoms with van der Waals surface area (Å²) < 4.78 is 16.2. The standard InChI is InChI=1S/C27H33ClO3S2/c1-5-6-9-20-11-13-22(14-12-20)27(32-16-8-17-33-27)15-7-10-23(28)21-18-24(29-2)26(31-4)25(19-21)30-3/h7,10-15,18-19H,5-6,8-9,16-17H2,1-4H3/b15-7+,23-10-. The maximum absolute atomic E-state index is 6.68. The normalized spacial score (nSPS) is 16.1. The average Bonchev–Trinajstić information content (AvgIpc) is 2.87. The first kappa shape index (κ1) is 25.9. The van der Waals surface area contributed by atoms with Gasteiger partial charge in [-0.1, -0.05) is 61.4 Å². The monoisotopic (exact) mass is 504 g/mol. The van der Waals surface area contributed by atoms with Gasteiger partial charge in [0.2, 0.25) is 5.75 Å². The van der Waals surface area contributed by atoms with Crippen molar-refractivity contribution in [1.29, 1.82) is 0 Å². The number of rotatable bonds is 10. The van der Waals surface area contributed by atoms with Crippen molar-refractivity contribution in [2.45, 2.75) is 36.7 Å². The van der Waals surface area contributed by atoms with Crippen LogP contribution in [0, 0.1) is 0 Å². The van der Waals surface area contributed by atoms with Crippen LogP contribution in [0.25, 0.3) is 5.03 Å². The summed E-state index contributed by atoms with van der Waals surface area (Å²) >= 11 is 10.7. The van der Waals surface area contributed by atoms with Gasteiger partial charge in [0, 0.05) is 10.6 Å². The van der Waals surface area contributed by atoms with E-state index in [1.807, 2.05) is 41.7 Å². The van der Waals surface area contributed by atoms with Crippen molar-refractivity contribution < 1.29 is 14.2 Å². The lowest BCUT2D eigenvalue weighted by Crippen LogP contribution is -2.20. The lowest BCUT2D eigenvalue weighted by atomic mass is 10.0. The minimum Gasteiger partial charge on any atom is -0.493 e. The number of hydrogen-bond acceptors (Lipinski definition) is 5. The molecule has 33 heavy (non-hydrogen) atoms. The molecule has 0 atom stereocenters. The number of allylic oxidation sites excluding steroid dienone is 2. The van der Waals surface area contributed by atoms with Crippen molar-refractivity contribution >= 4 is 40.2 Å². The van der Waals surface area contributed by atoms with Crippen LogP contribution in [0.5, 0.6) is 17.2 Å².